The molecule has 0 amide bonds. The molecule has 1 atom stereocenters. The van der Waals surface area contributed by atoms with Crippen LogP contribution < -0.4 is 0 Å². The number of fused-ring (bicyclic) bond motifs is 2. The van der Waals surface area contributed by atoms with Crippen molar-refractivity contribution in [2.45, 2.75) is 19.8 Å². The molecule has 5 rings (SSSR count). The predicted octanol–water partition coefficient (Wildman–Crippen LogP) is 3.60. The summed E-state index contributed by atoms with van der Waals surface area (Å²) in [6.45, 7) is 3.95. The van der Waals surface area contributed by atoms with Crippen molar-refractivity contribution in [3.63, 3.8) is 0 Å². The van der Waals surface area contributed by atoms with E-state index in [0.717, 1.165) is 33.4 Å². The second kappa shape index (κ2) is 7.84. The van der Waals surface area contributed by atoms with Crippen molar-refractivity contribution in [3.05, 3.63) is 72.1 Å². The summed E-state index contributed by atoms with van der Waals surface area (Å²) < 4.78 is 3.55. The van der Waals surface area contributed by atoms with Gasteiger partial charge in [0.1, 0.15) is 18.5 Å². The zero-order valence-electron chi connectivity index (χ0n) is 18.3. The Hall–Kier alpha value is -4.14. The molecule has 0 aliphatic carbocycles. The number of hydrogen-bond donors (Lipinski definition) is 0. The Kier molecular flexibility index (Phi) is 4.85. The highest BCUT2D eigenvalue weighted by molar-refractivity contribution is 5.96. The lowest BCUT2D eigenvalue weighted by Crippen LogP contribution is -2.09. The Balaban J connectivity index is 1.55. The van der Waals surface area contributed by atoms with Gasteiger partial charge in [-0.2, -0.15) is 14.7 Å². The highest BCUT2D eigenvalue weighted by atomic mass is 16.6. The van der Waals surface area contributed by atoms with Crippen molar-refractivity contribution in [1.29, 1.82) is 0 Å². The largest absolute Gasteiger partial charge is 0.399 e. The van der Waals surface area contributed by atoms with E-state index in [9.17, 15) is 0 Å². The average molecular weight is 426 g/mol. The minimum Gasteiger partial charge on any atom is -0.399 e. The number of nitrogens with zero attached hydrogens (tertiary/aromatic N) is 8. The van der Waals surface area contributed by atoms with E-state index in [1.165, 1.54) is 7.11 Å². The lowest BCUT2D eigenvalue weighted by Gasteiger charge is -2.11. The number of aromatic nitrogens is 7. The molecular formula is C23H22N8O. The Labute approximate surface area is 184 Å². The fourth-order valence-electron chi connectivity index (χ4n) is 3.75. The van der Waals surface area contributed by atoms with Gasteiger partial charge in [0.2, 0.25) is 0 Å². The van der Waals surface area contributed by atoms with Gasteiger partial charge in [-0.3, -0.25) is 9.67 Å². The van der Waals surface area contributed by atoms with Gasteiger partial charge in [-0.1, -0.05) is 18.1 Å². The average Bonchev–Trinajstić information content (AvgIpc) is 3.43. The minimum absolute atomic E-state index is 0.0288. The van der Waals surface area contributed by atoms with Crippen LogP contribution in [0.25, 0.3) is 27.7 Å². The van der Waals surface area contributed by atoms with Crippen molar-refractivity contribution in [2.24, 2.45) is 12.2 Å². The molecule has 160 valence electrons. The molecule has 9 nitrogen and oxygen atoms in total. The molecule has 0 radical (unpaired) electrons. The highest BCUT2D eigenvalue weighted by Gasteiger charge is 2.18. The van der Waals surface area contributed by atoms with E-state index in [1.54, 1.807) is 9.20 Å². The Morgan fingerprint density at radius 3 is 2.72 bits per heavy atom. The molecule has 1 unspecified atom stereocenters. The van der Waals surface area contributed by atoms with Crippen molar-refractivity contribution < 1.29 is 4.84 Å². The summed E-state index contributed by atoms with van der Waals surface area (Å²) in [6, 6.07) is 12.1. The standard InChI is InChI=1S/C23H22N8O/c1-14(23-27-26-22-8-7-20(28-31(22)23)15(2)29-32-4)16-5-6-21-17(9-16)10-18(11-24-21)19-12-25-30(3)13-19/h5-14H,1-4H3/b29-15+. The van der Waals surface area contributed by atoms with E-state index in [4.69, 9.17) is 4.84 Å². The topological polar surface area (TPSA) is 95.4 Å². The van der Waals surface area contributed by atoms with Crippen LogP contribution >= 0.6 is 0 Å². The lowest BCUT2D eigenvalue weighted by atomic mass is 9.98. The van der Waals surface area contributed by atoms with E-state index in [1.807, 2.05) is 50.8 Å². The smallest absolute Gasteiger partial charge is 0.177 e. The molecule has 0 aliphatic heterocycles. The van der Waals surface area contributed by atoms with Gasteiger partial charge in [0.25, 0.3) is 0 Å². The third kappa shape index (κ3) is 3.47. The number of rotatable bonds is 5. The Morgan fingerprint density at radius 2 is 1.94 bits per heavy atom. The van der Waals surface area contributed by atoms with E-state index in [2.05, 4.69) is 55.7 Å². The van der Waals surface area contributed by atoms with Crippen LogP contribution in [-0.2, 0) is 11.9 Å². The van der Waals surface area contributed by atoms with Gasteiger partial charge in [0.15, 0.2) is 11.5 Å². The van der Waals surface area contributed by atoms with Gasteiger partial charge in [-0.05, 0) is 42.8 Å². The first-order chi connectivity index (χ1) is 15.5. The summed E-state index contributed by atoms with van der Waals surface area (Å²) in [5.74, 6) is 0.724. The second-order valence-corrected chi connectivity index (χ2v) is 7.71. The van der Waals surface area contributed by atoms with Gasteiger partial charge in [0, 0.05) is 41.9 Å². The van der Waals surface area contributed by atoms with Gasteiger partial charge in [0.05, 0.1) is 11.7 Å². The quantitative estimate of drug-likeness (QED) is 0.315. The number of pyridine rings is 1. The summed E-state index contributed by atoms with van der Waals surface area (Å²) in [5.41, 5.74) is 6.18. The van der Waals surface area contributed by atoms with E-state index < -0.39 is 0 Å². The molecule has 9 heteroatoms. The van der Waals surface area contributed by atoms with E-state index in [0.29, 0.717) is 17.1 Å². The molecule has 32 heavy (non-hydrogen) atoms. The molecule has 0 spiro atoms. The zero-order valence-corrected chi connectivity index (χ0v) is 18.3. The van der Waals surface area contributed by atoms with Gasteiger partial charge >= 0.3 is 0 Å². The number of hydrogen-bond acceptors (Lipinski definition) is 7. The molecule has 4 heterocycles. The number of aryl methyl sites for hydroxylation is 1. The molecule has 1 aromatic carbocycles. The van der Waals surface area contributed by atoms with E-state index >= 15 is 0 Å². The van der Waals surface area contributed by atoms with Crippen LogP contribution in [0.5, 0.6) is 0 Å². The molecule has 5 aromatic rings. The summed E-state index contributed by atoms with van der Waals surface area (Å²) in [5, 5.41) is 22.7. The van der Waals surface area contributed by atoms with Crippen molar-refractivity contribution in [3.8, 4) is 11.1 Å². The Morgan fingerprint density at radius 1 is 1.06 bits per heavy atom. The molecule has 0 N–H and O–H groups in total. The van der Waals surface area contributed by atoms with Crippen LogP contribution in [0.3, 0.4) is 0 Å². The third-order valence-corrected chi connectivity index (χ3v) is 5.52. The van der Waals surface area contributed by atoms with Crippen molar-refractivity contribution >= 4 is 22.3 Å². The molecular weight excluding hydrogens is 404 g/mol. The molecule has 0 saturated heterocycles. The summed E-state index contributed by atoms with van der Waals surface area (Å²) in [7, 11) is 3.42. The monoisotopic (exact) mass is 426 g/mol. The molecule has 0 bridgehead atoms. The molecule has 4 aromatic heterocycles. The van der Waals surface area contributed by atoms with Crippen molar-refractivity contribution in [2.75, 3.05) is 7.11 Å². The fraction of sp³-hybridized carbons (Fsp3) is 0.217. The van der Waals surface area contributed by atoms with Crippen LogP contribution in [0.4, 0.5) is 0 Å². The summed E-state index contributed by atoms with van der Waals surface area (Å²) in [4.78, 5) is 9.50. The second-order valence-electron chi connectivity index (χ2n) is 7.71. The lowest BCUT2D eigenvalue weighted by molar-refractivity contribution is 0.213. The van der Waals surface area contributed by atoms with Crippen LogP contribution in [-0.4, -0.2) is 47.4 Å². The Bertz CT molecular complexity index is 1470. The fourth-order valence-corrected chi connectivity index (χ4v) is 3.75. The van der Waals surface area contributed by atoms with Gasteiger partial charge in [-0.15, -0.1) is 10.2 Å². The molecule has 0 saturated carbocycles. The first-order valence-electron chi connectivity index (χ1n) is 10.2. The van der Waals surface area contributed by atoms with E-state index in [-0.39, 0.29) is 5.92 Å². The molecule has 0 fully saturated rings. The van der Waals surface area contributed by atoms with Crippen LogP contribution in [0, 0.1) is 0 Å². The van der Waals surface area contributed by atoms with Crippen molar-refractivity contribution in [1.82, 2.24) is 34.6 Å². The van der Waals surface area contributed by atoms with Gasteiger partial charge in [-0.25, -0.2) is 0 Å². The summed E-state index contributed by atoms with van der Waals surface area (Å²) >= 11 is 0. The highest BCUT2D eigenvalue weighted by Crippen LogP contribution is 2.28. The number of benzene rings is 1. The SMILES string of the molecule is CO/N=C(\C)c1ccc2nnc(C(C)c3ccc4ncc(-c5cnn(C)c5)cc4c3)n2n1. The van der Waals surface area contributed by atoms with Crippen LogP contribution in [0.1, 0.15) is 36.8 Å². The minimum atomic E-state index is -0.0288. The molecule has 0 aliphatic rings. The predicted molar refractivity (Wildman–Crippen MR) is 121 cm³/mol. The van der Waals surface area contributed by atoms with Crippen LogP contribution in [0.15, 0.2) is 60.1 Å². The maximum atomic E-state index is 4.88. The normalized spacial score (nSPS) is 13.1. The first kappa shape index (κ1) is 19.8. The summed E-state index contributed by atoms with van der Waals surface area (Å²) in [6.07, 6.45) is 5.70. The maximum Gasteiger partial charge on any atom is 0.177 e. The van der Waals surface area contributed by atoms with Crippen LogP contribution in [0.2, 0.25) is 0 Å². The third-order valence-electron chi connectivity index (χ3n) is 5.52. The van der Waals surface area contributed by atoms with Gasteiger partial charge < -0.3 is 4.84 Å². The first-order valence-corrected chi connectivity index (χ1v) is 10.2. The zero-order chi connectivity index (χ0) is 22.2. The maximum absolute atomic E-state index is 4.88. The number of oxime groups is 1.